The number of carbonyl (C=O) groups excluding carboxylic acids is 2. The average molecular weight is 420 g/mol. The quantitative estimate of drug-likeness (QED) is 0.222. The Hall–Kier alpha value is -1.14. The number of quaternary nitrogens is 1. The molecule has 0 unspecified atom stereocenters. The summed E-state index contributed by atoms with van der Waals surface area (Å²) in [4.78, 5) is 30.7. The smallest absolute Gasteiger partial charge is 0.314 e. The molecular formula is C19H39N4O6+. The number of amides is 2. The zero-order chi connectivity index (χ0) is 21.7. The van der Waals surface area contributed by atoms with Crippen molar-refractivity contribution in [1.82, 2.24) is 14.7 Å². The summed E-state index contributed by atoms with van der Waals surface area (Å²) in [5.74, 6) is 0.136. The van der Waals surface area contributed by atoms with Crippen LogP contribution in [0.4, 0.5) is 0 Å². The van der Waals surface area contributed by atoms with Crippen molar-refractivity contribution in [3.8, 4) is 0 Å². The molecule has 0 aromatic heterocycles. The Morgan fingerprint density at radius 1 is 0.759 bits per heavy atom. The van der Waals surface area contributed by atoms with Crippen LogP contribution in [-0.4, -0.2) is 150 Å². The van der Waals surface area contributed by atoms with Gasteiger partial charge in [0.05, 0.1) is 53.0 Å². The molecule has 0 aromatic rings. The third-order valence-electron chi connectivity index (χ3n) is 5.63. The van der Waals surface area contributed by atoms with E-state index in [0.717, 1.165) is 0 Å². The largest absolute Gasteiger partial charge is 0.395 e. The summed E-state index contributed by atoms with van der Waals surface area (Å²) in [7, 11) is 1.90. The maximum absolute atomic E-state index is 12.7. The number of aliphatic hydroxyl groups is 4. The standard InChI is InChI=1S/C19H39N4O6/c1-23(19(29)3-5-21(10-16-26)11-17-27)12-6-22(7-13-23)18(28)2-4-20(8-14-24)9-15-25/h24-27H,2-17H2,1H3/q+1. The van der Waals surface area contributed by atoms with Gasteiger partial charge in [-0.1, -0.05) is 0 Å². The molecule has 29 heavy (non-hydrogen) atoms. The first-order valence-electron chi connectivity index (χ1n) is 10.4. The molecule has 1 aliphatic rings. The third-order valence-corrected chi connectivity index (χ3v) is 5.63. The summed E-state index contributed by atoms with van der Waals surface area (Å²) >= 11 is 0. The number of likely N-dealkylation sites (N-methyl/N-ethyl adjacent to an activating group) is 1. The summed E-state index contributed by atoms with van der Waals surface area (Å²) < 4.78 is 0.289. The molecule has 4 N–H and O–H groups in total. The Kier molecular flexibility index (Phi) is 12.5. The molecule has 0 spiro atoms. The highest BCUT2D eigenvalue weighted by molar-refractivity contribution is 5.76. The summed E-state index contributed by atoms with van der Waals surface area (Å²) in [6.07, 6.45) is 0.677. The fraction of sp³-hybridized carbons (Fsp3) is 0.895. The van der Waals surface area contributed by atoms with E-state index in [2.05, 4.69) is 0 Å². The lowest BCUT2D eigenvalue weighted by Crippen LogP contribution is -2.61. The highest BCUT2D eigenvalue weighted by Gasteiger charge is 2.36. The summed E-state index contributed by atoms with van der Waals surface area (Å²) in [5, 5.41) is 36.2. The van der Waals surface area contributed by atoms with Gasteiger partial charge in [-0.2, -0.15) is 0 Å². The summed E-state index contributed by atoms with van der Waals surface area (Å²) in [6, 6.07) is 0. The van der Waals surface area contributed by atoms with Crippen LogP contribution in [0.15, 0.2) is 0 Å². The van der Waals surface area contributed by atoms with Gasteiger partial charge in [-0.3, -0.25) is 19.1 Å². The minimum absolute atomic E-state index is 0.00851. The van der Waals surface area contributed by atoms with Crippen LogP contribution in [0.5, 0.6) is 0 Å². The van der Waals surface area contributed by atoms with Gasteiger partial charge in [0.2, 0.25) is 5.91 Å². The van der Waals surface area contributed by atoms with Gasteiger partial charge in [0.1, 0.15) is 13.1 Å². The third kappa shape index (κ3) is 9.04. The molecule has 0 radical (unpaired) electrons. The monoisotopic (exact) mass is 419 g/mol. The van der Waals surface area contributed by atoms with E-state index in [0.29, 0.717) is 78.3 Å². The summed E-state index contributed by atoms with van der Waals surface area (Å²) in [6.45, 7) is 4.88. The van der Waals surface area contributed by atoms with Gasteiger partial charge in [0, 0.05) is 45.7 Å². The van der Waals surface area contributed by atoms with E-state index in [9.17, 15) is 9.59 Å². The predicted octanol–water partition coefficient (Wildman–Crippen LogP) is -2.84. The average Bonchev–Trinajstić information content (AvgIpc) is 2.71. The molecule has 0 aliphatic carbocycles. The highest BCUT2D eigenvalue weighted by atomic mass is 16.3. The minimum atomic E-state index is -0.0100. The first-order valence-corrected chi connectivity index (χ1v) is 10.4. The second-order valence-corrected chi connectivity index (χ2v) is 7.70. The number of nitrogens with zero attached hydrogens (tertiary/aromatic N) is 4. The predicted molar refractivity (Wildman–Crippen MR) is 108 cm³/mol. The Balaban J connectivity index is 2.44. The summed E-state index contributed by atoms with van der Waals surface area (Å²) in [5.41, 5.74) is 0. The van der Waals surface area contributed by atoms with Gasteiger partial charge in [-0.05, 0) is 0 Å². The molecular weight excluding hydrogens is 380 g/mol. The molecule has 1 fully saturated rings. The van der Waals surface area contributed by atoms with Crippen molar-refractivity contribution in [1.29, 1.82) is 0 Å². The molecule has 0 aromatic carbocycles. The number of hydrogen-bond acceptors (Lipinski definition) is 8. The van der Waals surface area contributed by atoms with E-state index >= 15 is 0 Å². The Labute approximate surface area is 173 Å². The molecule has 10 heteroatoms. The zero-order valence-corrected chi connectivity index (χ0v) is 17.7. The van der Waals surface area contributed by atoms with Crippen molar-refractivity contribution < 1.29 is 34.5 Å². The fourth-order valence-electron chi connectivity index (χ4n) is 3.58. The number of rotatable bonds is 14. The van der Waals surface area contributed by atoms with Crippen molar-refractivity contribution >= 4 is 11.8 Å². The van der Waals surface area contributed by atoms with E-state index in [1.165, 1.54) is 0 Å². The van der Waals surface area contributed by atoms with Gasteiger partial charge in [-0.15, -0.1) is 0 Å². The van der Waals surface area contributed by atoms with Crippen LogP contribution in [0, 0.1) is 0 Å². The van der Waals surface area contributed by atoms with Crippen LogP contribution in [0.3, 0.4) is 0 Å². The molecule has 2 amide bonds. The van der Waals surface area contributed by atoms with Crippen LogP contribution in [0.25, 0.3) is 0 Å². The molecule has 10 nitrogen and oxygen atoms in total. The topological polar surface area (TPSA) is 125 Å². The SMILES string of the molecule is C[N+]1(C(=O)CCN(CCO)CCO)CCN(C(=O)CCN(CCO)CCO)CC1. The fourth-order valence-corrected chi connectivity index (χ4v) is 3.58. The lowest BCUT2D eigenvalue weighted by molar-refractivity contribution is -0.839. The lowest BCUT2D eigenvalue weighted by Gasteiger charge is -2.40. The van der Waals surface area contributed by atoms with Gasteiger partial charge < -0.3 is 25.3 Å². The maximum atomic E-state index is 12.7. The molecule has 170 valence electrons. The van der Waals surface area contributed by atoms with Gasteiger partial charge in [-0.25, -0.2) is 4.79 Å². The molecule has 1 rings (SSSR count). The second-order valence-electron chi connectivity index (χ2n) is 7.70. The van der Waals surface area contributed by atoms with E-state index in [4.69, 9.17) is 20.4 Å². The van der Waals surface area contributed by atoms with E-state index in [-0.39, 0.29) is 42.7 Å². The number of piperazine rings is 1. The Bertz CT molecular complexity index is 473. The van der Waals surface area contributed by atoms with Crippen LogP contribution < -0.4 is 0 Å². The number of carbonyl (C=O) groups is 2. The van der Waals surface area contributed by atoms with Crippen LogP contribution >= 0.6 is 0 Å². The van der Waals surface area contributed by atoms with Gasteiger partial charge in [0.15, 0.2) is 0 Å². The Morgan fingerprint density at radius 3 is 1.59 bits per heavy atom. The molecule has 1 heterocycles. The second kappa shape index (κ2) is 14.0. The van der Waals surface area contributed by atoms with Crippen molar-refractivity contribution in [3.05, 3.63) is 0 Å². The van der Waals surface area contributed by atoms with E-state index in [1.54, 1.807) is 4.90 Å². The lowest BCUT2D eigenvalue weighted by atomic mass is 10.2. The zero-order valence-electron chi connectivity index (χ0n) is 17.7. The van der Waals surface area contributed by atoms with E-state index in [1.807, 2.05) is 16.8 Å². The first-order chi connectivity index (χ1) is 13.9. The minimum Gasteiger partial charge on any atom is -0.395 e. The van der Waals surface area contributed by atoms with Crippen molar-refractivity contribution in [2.24, 2.45) is 0 Å². The molecule has 0 atom stereocenters. The van der Waals surface area contributed by atoms with Gasteiger partial charge >= 0.3 is 5.91 Å². The van der Waals surface area contributed by atoms with Gasteiger partial charge in [0.25, 0.3) is 0 Å². The molecule has 0 saturated carbocycles. The highest BCUT2D eigenvalue weighted by Crippen LogP contribution is 2.14. The molecule has 0 bridgehead atoms. The maximum Gasteiger partial charge on any atom is 0.314 e. The van der Waals surface area contributed by atoms with Crippen LogP contribution in [0.1, 0.15) is 12.8 Å². The molecule has 1 saturated heterocycles. The number of hydrogen-bond donors (Lipinski definition) is 4. The van der Waals surface area contributed by atoms with Crippen molar-refractivity contribution in [3.63, 3.8) is 0 Å². The van der Waals surface area contributed by atoms with Crippen molar-refractivity contribution in [2.75, 3.05) is 98.9 Å². The van der Waals surface area contributed by atoms with Crippen LogP contribution in [-0.2, 0) is 9.59 Å². The number of aliphatic hydroxyl groups excluding tert-OH is 4. The molecule has 1 aliphatic heterocycles. The first kappa shape index (κ1) is 25.9. The normalized spacial score (nSPS) is 16.6. The van der Waals surface area contributed by atoms with Crippen molar-refractivity contribution in [2.45, 2.75) is 12.8 Å². The Morgan fingerprint density at radius 2 is 1.17 bits per heavy atom. The van der Waals surface area contributed by atoms with Crippen LogP contribution in [0.2, 0.25) is 0 Å². The van der Waals surface area contributed by atoms with E-state index < -0.39 is 0 Å².